The number of amides is 2. The van der Waals surface area contributed by atoms with Crippen molar-refractivity contribution in [1.29, 1.82) is 0 Å². The summed E-state index contributed by atoms with van der Waals surface area (Å²) >= 11 is 0.950. The van der Waals surface area contributed by atoms with Gasteiger partial charge in [-0.05, 0) is 42.5 Å². The van der Waals surface area contributed by atoms with Crippen LogP contribution in [0.1, 0.15) is 15.9 Å². The van der Waals surface area contributed by atoms with Gasteiger partial charge in [0.25, 0.3) is 0 Å². The maximum absolute atomic E-state index is 12.5. The number of urea groups is 1. The summed E-state index contributed by atoms with van der Waals surface area (Å²) < 4.78 is 38.1. The molecular weight excluding hydrogens is 385 g/mol. The van der Waals surface area contributed by atoms with E-state index in [0.717, 1.165) is 35.6 Å². The summed E-state index contributed by atoms with van der Waals surface area (Å²) in [6, 6.07) is 7.12. The number of nitrogens with one attached hydrogen (secondary N) is 2. The van der Waals surface area contributed by atoms with Gasteiger partial charge in [-0.3, -0.25) is 5.32 Å². The molecule has 3 aromatic rings. The number of anilines is 2. The number of phenols is 1. The molecule has 1 aromatic heterocycles. The molecule has 1 heterocycles. The summed E-state index contributed by atoms with van der Waals surface area (Å²) in [5.41, 5.74) is -0.889. The van der Waals surface area contributed by atoms with Gasteiger partial charge in [0.15, 0.2) is 0 Å². The van der Waals surface area contributed by atoms with Crippen molar-refractivity contribution in [3.8, 4) is 5.75 Å². The van der Waals surface area contributed by atoms with Gasteiger partial charge in [-0.1, -0.05) is 0 Å². The molecule has 10 heteroatoms. The smallest absolute Gasteiger partial charge is 0.416 e. The minimum Gasteiger partial charge on any atom is -0.508 e. The van der Waals surface area contributed by atoms with Gasteiger partial charge in [0.2, 0.25) is 0 Å². The third-order valence-corrected chi connectivity index (χ3v) is 4.65. The highest BCUT2D eigenvalue weighted by molar-refractivity contribution is 7.23. The van der Waals surface area contributed by atoms with Crippen LogP contribution < -0.4 is 10.6 Å². The Kier molecular flexibility index (Phi) is 4.66. The molecule has 27 heavy (non-hydrogen) atoms. The van der Waals surface area contributed by atoms with Crippen LogP contribution in [0.25, 0.3) is 10.1 Å². The van der Waals surface area contributed by atoms with Gasteiger partial charge in [0, 0.05) is 15.8 Å². The summed E-state index contributed by atoms with van der Waals surface area (Å²) in [4.78, 5) is 23.6. The Balaban J connectivity index is 1.82. The lowest BCUT2D eigenvalue weighted by Gasteiger charge is -2.09. The average molecular weight is 396 g/mol. The molecule has 0 radical (unpaired) electrons. The van der Waals surface area contributed by atoms with E-state index in [1.54, 1.807) is 0 Å². The number of halogens is 3. The van der Waals surface area contributed by atoms with Crippen molar-refractivity contribution in [2.45, 2.75) is 6.18 Å². The normalized spacial score (nSPS) is 11.4. The quantitative estimate of drug-likeness (QED) is 0.502. The molecule has 0 aliphatic heterocycles. The van der Waals surface area contributed by atoms with Gasteiger partial charge in [0.1, 0.15) is 16.3 Å². The van der Waals surface area contributed by atoms with E-state index in [2.05, 4.69) is 10.6 Å². The zero-order valence-corrected chi connectivity index (χ0v) is 14.1. The molecule has 0 aliphatic carbocycles. The van der Waals surface area contributed by atoms with Crippen LogP contribution in [-0.4, -0.2) is 22.2 Å². The molecule has 2 aromatic carbocycles. The topological polar surface area (TPSA) is 98.7 Å². The van der Waals surface area contributed by atoms with Gasteiger partial charge in [0.05, 0.1) is 5.56 Å². The molecule has 0 atom stereocenters. The number of thiophene rings is 1. The third kappa shape index (κ3) is 3.95. The zero-order chi connectivity index (χ0) is 19.8. The number of carboxylic acids is 1. The Hall–Kier alpha value is -3.27. The fourth-order valence-corrected chi connectivity index (χ4v) is 3.52. The van der Waals surface area contributed by atoms with E-state index < -0.39 is 23.7 Å². The predicted molar refractivity (Wildman–Crippen MR) is 94.5 cm³/mol. The molecule has 6 nitrogen and oxygen atoms in total. The molecule has 0 spiro atoms. The molecular formula is C17H11F3N2O4S. The van der Waals surface area contributed by atoms with Crippen molar-refractivity contribution in [2.75, 3.05) is 10.6 Å². The molecule has 140 valence electrons. The Labute approximate surface area is 153 Å². The van der Waals surface area contributed by atoms with Crippen LogP contribution in [0.15, 0.2) is 42.5 Å². The van der Waals surface area contributed by atoms with Crippen LogP contribution in [0.5, 0.6) is 5.75 Å². The fourth-order valence-electron chi connectivity index (χ4n) is 2.39. The number of aromatic hydroxyl groups is 1. The lowest BCUT2D eigenvalue weighted by atomic mass is 10.1. The number of alkyl halides is 3. The van der Waals surface area contributed by atoms with Crippen molar-refractivity contribution >= 4 is 44.1 Å². The summed E-state index contributed by atoms with van der Waals surface area (Å²) in [5, 5.41) is 24.0. The number of rotatable bonds is 3. The average Bonchev–Trinajstić information content (AvgIpc) is 2.91. The molecule has 0 saturated carbocycles. The first kappa shape index (κ1) is 18.5. The van der Waals surface area contributed by atoms with E-state index >= 15 is 0 Å². The fraction of sp³-hybridized carbons (Fsp3) is 0.0588. The van der Waals surface area contributed by atoms with Crippen LogP contribution in [0.3, 0.4) is 0 Å². The van der Waals surface area contributed by atoms with Crippen LogP contribution >= 0.6 is 11.3 Å². The largest absolute Gasteiger partial charge is 0.508 e. The predicted octanol–water partition coefficient (Wildman–Crippen LogP) is 4.97. The number of carbonyl (C=O) groups excluding carboxylic acids is 1. The zero-order valence-electron chi connectivity index (χ0n) is 13.3. The van der Waals surface area contributed by atoms with E-state index in [9.17, 15) is 33.0 Å². The highest BCUT2D eigenvalue weighted by atomic mass is 32.1. The van der Waals surface area contributed by atoms with Crippen molar-refractivity contribution in [3.63, 3.8) is 0 Å². The van der Waals surface area contributed by atoms with Crippen molar-refractivity contribution in [2.24, 2.45) is 0 Å². The third-order valence-electron chi connectivity index (χ3n) is 3.58. The second kappa shape index (κ2) is 6.80. The molecule has 4 N–H and O–H groups in total. The summed E-state index contributed by atoms with van der Waals surface area (Å²) in [6.07, 6.45) is -4.49. The minimum atomic E-state index is -4.49. The molecule has 0 saturated heterocycles. The number of carbonyl (C=O) groups is 2. The van der Waals surface area contributed by atoms with Crippen LogP contribution in [0.2, 0.25) is 0 Å². The van der Waals surface area contributed by atoms with E-state index in [0.29, 0.717) is 10.1 Å². The molecule has 0 unspecified atom stereocenters. The molecule has 2 amide bonds. The monoisotopic (exact) mass is 396 g/mol. The van der Waals surface area contributed by atoms with E-state index in [1.165, 1.54) is 18.2 Å². The second-order valence-electron chi connectivity index (χ2n) is 5.45. The number of carboxylic acid groups (broad SMARTS) is 1. The Bertz CT molecular complexity index is 1030. The first-order valence-corrected chi connectivity index (χ1v) is 8.21. The Morgan fingerprint density at radius 3 is 2.26 bits per heavy atom. The number of hydrogen-bond donors (Lipinski definition) is 4. The SMILES string of the molecule is O=C(Nc1ccc(C(F)(F)F)cc1)Nc1sc2cc(O)ccc2c1C(=O)O. The van der Waals surface area contributed by atoms with Crippen LogP contribution in [-0.2, 0) is 6.18 Å². The number of aromatic carboxylic acids is 1. The maximum Gasteiger partial charge on any atom is 0.416 e. The number of hydrogen-bond acceptors (Lipinski definition) is 4. The van der Waals surface area contributed by atoms with E-state index in [1.807, 2.05) is 0 Å². The summed E-state index contributed by atoms with van der Waals surface area (Å²) in [6.45, 7) is 0. The second-order valence-corrected chi connectivity index (χ2v) is 6.50. The maximum atomic E-state index is 12.5. The van der Waals surface area contributed by atoms with Gasteiger partial charge < -0.3 is 15.5 Å². The number of fused-ring (bicyclic) bond motifs is 1. The lowest BCUT2D eigenvalue weighted by Crippen LogP contribution is -2.20. The standard InChI is InChI=1S/C17H11F3N2O4S/c18-17(19,20)8-1-3-9(4-2-8)21-16(26)22-14-13(15(24)25)11-6-5-10(23)7-12(11)27-14/h1-7,23H,(H,24,25)(H2,21,22,26). The summed E-state index contributed by atoms with van der Waals surface area (Å²) in [7, 11) is 0. The minimum absolute atomic E-state index is 0.0347. The molecule has 0 fully saturated rings. The van der Waals surface area contributed by atoms with Crippen LogP contribution in [0, 0.1) is 0 Å². The first-order chi connectivity index (χ1) is 12.6. The van der Waals surface area contributed by atoms with Gasteiger partial charge >= 0.3 is 18.2 Å². The van der Waals surface area contributed by atoms with Gasteiger partial charge in [-0.25, -0.2) is 9.59 Å². The highest BCUT2D eigenvalue weighted by Crippen LogP contribution is 2.37. The van der Waals surface area contributed by atoms with Crippen molar-refractivity contribution in [3.05, 3.63) is 53.6 Å². The Morgan fingerprint density at radius 2 is 1.67 bits per heavy atom. The highest BCUT2D eigenvalue weighted by Gasteiger charge is 2.30. The number of phenolic OH excluding ortho intramolecular Hbond substituents is 1. The Morgan fingerprint density at radius 1 is 1.00 bits per heavy atom. The lowest BCUT2D eigenvalue weighted by molar-refractivity contribution is -0.137. The van der Waals surface area contributed by atoms with Gasteiger partial charge in [-0.2, -0.15) is 13.2 Å². The van der Waals surface area contributed by atoms with E-state index in [4.69, 9.17) is 0 Å². The van der Waals surface area contributed by atoms with E-state index in [-0.39, 0.29) is 22.0 Å². The van der Waals surface area contributed by atoms with Crippen molar-refractivity contribution < 1.29 is 33.0 Å². The first-order valence-electron chi connectivity index (χ1n) is 7.39. The van der Waals surface area contributed by atoms with Crippen LogP contribution in [0.4, 0.5) is 28.7 Å². The molecule has 3 rings (SSSR count). The molecule has 0 bridgehead atoms. The van der Waals surface area contributed by atoms with Crippen molar-refractivity contribution in [1.82, 2.24) is 0 Å². The number of benzene rings is 2. The summed E-state index contributed by atoms with van der Waals surface area (Å²) in [5.74, 6) is -1.32. The molecule has 0 aliphatic rings. The van der Waals surface area contributed by atoms with Gasteiger partial charge in [-0.15, -0.1) is 11.3 Å².